The number of carbonyl (C=O) groups is 1. The summed E-state index contributed by atoms with van der Waals surface area (Å²) in [7, 11) is 0. The first-order valence-electron chi connectivity index (χ1n) is 6.15. The summed E-state index contributed by atoms with van der Waals surface area (Å²) in [5.41, 5.74) is 1.20. The molecular weight excluding hydrogens is 216 g/mol. The van der Waals surface area contributed by atoms with Gasteiger partial charge in [-0.15, -0.1) is 0 Å². The Morgan fingerprint density at radius 3 is 2.53 bits per heavy atom. The lowest BCUT2D eigenvalue weighted by Crippen LogP contribution is -2.07. The second-order valence-electron chi connectivity index (χ2n) is 4.20. The first-order chi connectivity index (χ1) is 8.26. The summed E-state index contributed by atoms with van der Waals surface area (Å²) < 4.78 is 10.4. The van der Waals surface area contributed by atoms with Gasteiger partial charge in [0.05, 0.1) is 19.1 Å². The van der Waals surface area contributed by atoms with E-state index in [2.05, 4.69) is 0 Å². The molecule has 0 aromatic heterocycles. The fourth-order valence-corrected chi connectivity index (χ4v) is 2.05. The van der Waals surface area contributed by atoms with Crippen LogP contribution in [0, 0.1) is 5.92 Å². The fraction of sp³-hybridized carbons (Fsp3) is 0.500. The molecule has 1 saturated carbocycles. The molecule has 1 aromatic rings. The normalized spacial score (nSPS) is 22.0. The standard InChI is InChI=1S/C14H18O3/c1-3-16-11-7-5-10(6-8-11)12-9-13(12)14(15)17-4-2/h5-8,12-13H,3-4,9H2,1-2H3/t12-,13+/m1/s1. The number of carbonyl (C=O) groups excluding carboxylic acids is 1. The number of ether oxygens (including phenoxy) is 2. The molecule has 92 valence electrons. The van der Waals surface area contributed by atoms with Crippen LogP contribution in [-0.4, -0.2) is 19.2 Å². The van der Waals surface area contributed by atoms with Gasteiger partial charge in [-0.05, 0) is 43.9 Å². The third kappa shape index (κ3) is 2.78. The largest absolute Gasteiger partial charge is 0.494 e. The lowest BCUT2D eigenvalue weighted by molar-refractivity contribution is -0.144. The maximum absolute atomic E-state index is 11.5. The van der Waals surface area contributed by atoms with Gasteiger partial charge in [-0.25, -0.2) is 0 Å². The number of esters is 1. The minimum absolute atomic E-state index is 0.0629. The molecule has 1 fully saturated rings. The second kappa shape index (κ2) is 5.21. The first-order valence-corrected chi connectivity index (χ1v) is 6.15. The summed E-state index contributed by atoms with van der Waals surface area (Å²) in [5.74, 6) is 1.22. The van der Waals surface area contributed by atoms with E-state index in [4.69, 9.17) is 9.47 Å². The number of benzene rings is 1. The van der Waals surface area contributed by atoms with Crippen molar-refractivity contribution in [2.24, 2.45) is 5.92 Å². The van der Waals surface area contributed by atoms with Crippen molar-refractivity contribution in [1.29, 1.82) is 0 Å². The highest BCUT2D eigenvalue weighted by molar-refractivity contribution is 5.77. The van der Waals surface area contributed by atoms with E-state index in [0.717, 1.165) is 12.2 Å². The van der Waals surface area contributed by atoms with E-state index in [9.17, 15) is 4.79 Å². The van der Waals surface area contributed by atoms with Crippen molar-refractivity contribution in [3.63, 3.8) is 0 Å². The molecule has 0 spiro atoms. The highest BCUT2D eigenvalue weighted by Crippen LogP contribution is 2.48. The molecule has 0 bridgehead atoms. The SMILES string of the molecule is CCOC(=O)[C@H]1C[C@@H]1c1ccc(OCC)cc1. The van der Waals surface area contributed by atoms with Gasteiger partial charge in [0, 0.05) is 0 Å². The quantitative estimate of drug-likeness (QED) is 0.735. The topological polar surface area (TPSA) is 35.5 Å². The zero-order chi connectivity index (χ0) is 12.3. The molecule has 0 radical (unpaired) electrons. The molecule has 2 rings (SSSR count). The van der Waals surface area contributed by atoms with E-state index >= 15 is 0 Å². The van der Waals surface area contributed by atoms with Gasteiger partial charge < -0.3 is 9.47 Å². The van der Waals surface area contributed by atoms with Crippen molar-refractivity contribution >= 4 is 5.97 Å². The van der Waals surface area contributed by atoms with Crippen LogP contribution < -0.4 is 4.74 Å². The zero-order valence-corrected chi connectivity index (χ0v) is 10.3. The fourth-order valence-electron chi connectivity index (χ4n) is 2.05. The van der Waals surface area contributed by atoms with Gasteiger partial charge in [-0.3, -0.25) is 4.79 Å². The minimum atomic E-state index is -0.0635. The van der Waals surface area contributed by atoms with Gasteiger partial charge in [0.15, 0.2) is 0 Å². The predicted molar refractivity (Wildman–Crippen MR) is 65.1 cm³/mol. The maximum Gasteiger partial charge on any atom is 0.309 e. The monoisotopic (exact) mass is 234 g/mol. The Kier molecular flexibility index (Phi) is 3.67. The molecule has 1 aliphatic carbocycles. The van der Waals surface area contributed by atoms with E-state index in [1.54, 1.807) is 0 Å². The highest BCUT2D eigenvalue weighted by atomic mass is 16.5. The summed E-state index contributed by atoms with van der Waals surface area (Å²) in [6.07, 6.45) is 0.910. The Morgan fingerprint density at radius 1 is 1.24 bits per heavy atom. The molecule has 2 atom stereocenters. The van der Waals surface area contributed by atoms with Crippen LogP contribution in [0.5, 0.6) is 5.75 Å². The molecule has 0 saturated heterocycles. The van der Waals surface area contributed by atoms with Gasteiger partial charge in [0.2, 0.25) is 0 Å². The lowest BCUT2D eigenvalue weighted by Gasteiger charge is -2.04. The van der Waals surface area contributed by atoms with Crippen LogP contribution in [0.15, 0.2) is 24.3 Å². The molecule has 1 aliphatic rings. The molecule has 3 nitrogen and oxygen atoms in total. The number of hydrogen-bond donors (Lipinski definition) is 0. The first kappa shape index (κ1) is 12.0. The summed E-state index contributed by atoms with van der Waals surface area (Å²) >= 11 is 0. The molecule has 0 amide bonds. The Labute approximate surface area is 102 Å². The second-order valence-corrected chi connectivity index (χ2v) is 4.20. The summed E-state index contributed by atoms with van der Waals surface area (Å²) in [6.45, 7) is 4.94. The summed E-state index contributed by atoms with van der Waals surface area (Å²) in [5, 5.41) is 0. The molecule has 0 aliphatic heterocycles. The molecule has 1 aromatic carbocycles. The molecule has 3 heteroatoms. The zero-order valence-electron chi connectivity index (χ0n) is 10.3. The summed E-state index contributed by atoms with van der Waals surface area (Å²) in [6, 6.07) is 7.99. The van der Waals surface area contributed by atoms with Crippen LogP contribution in [0.25, 0.3) is 0 Å². The van der Waals surface area contributed by atoms with Crippen LogP contribution >= 0.6 is 0 Å². The van der Waals surface area contributed by atoms with Gasteiger partial charge in [0.25, 0.3) is 0 Å². The van der Waals surface area contributed by atoms with Crippen molar-refractivity contribution in [2.45, 2.75) is 26.2 Å². The van der Waals surface area contributed by atoms with Gasteiger partial charge in [0.1, 0.15) is 5.75 Å². The number of rotatable bonds is 5. The van der Waals surface area contributed by atoms with E-state index in [1.165, 1.54) is 5.56 Å². The smallest absolute Gasteiger partial charge is 0.309 e. The molecular formula is C14H18O3. The van der Waals surface area contributed by atoms with Crippen LogP contribution in [-0.2, 0) is 9.53 Å². The van der Waals surface area contributed by atoms with Crippen molar-refractivity contribution in [2.75, 3.05) is 13.2 Å². The minimum Gasteiger partial charge on any atom is -0.494 e. The van der Waals surface area contributed by atoms with Crippen LogP contribution in [0.1, 0.15) is 31.7 Å². The van der Waals surface area contributed by atoms with Crippen molar-refractivity contribution < 1.29 is 14.3 Å². The molecule has 17 heavy (non-hydrogen) atoms. The predicted octanol–water partition coefficient (Wildman–Crippen LogP) is 2.75. The van der Waals surface area contributed by atoms with Gasteiger partial charge in [-0.2, -0.15) is 0 Å². The Morgan fingerprint density at radius 2 is 1.94 bits per heavy atom. The van der Waals surface area contributed by atoms with E-state index in [1.807, 2.05) is 38.1 Å². The lowest BCUT2D eigenvalue weighted by atomic mass is 10.1. The Bertz CT molecular complexity index is 383. The molecule has 0 unspecified atom stereocenters. The Balaban J connectivity index is 1.94. The van der Waals surface area contributed by atoms with E-state index in [-0.39, 0.29) is 11.9 Å². The van der Waals surface area contributed by atoms with E-state index < -0.39 is 0 Å². The van der Waals surface area contributed by atoms with Gasteiger partial charge in [-0.1, -0.05) is 12.1 Å². The average molecular weight is 234 g/mol. The average Bonchev–Trinajstić information content (AvgIpc) is 3.11. The van der Waals surface area contributed by atoms with Crippen molar-refractivity contribution in [1.82, 2.24) is 0 Å². The third-order valence-electron chi connectivity index (χ3n) is 3.00. The van der Waals surface area contributed by atoms with Crippen LogP contribution in [0.3, 0.4) is 0 Å². The van der Waals surface area contributed by atoms with Gasteiger partial charge >= 0.3 is 5.97 Å². The Hall–Kier alpha value is -1.51. The number of hydrogen-bond acceptors (Lipinski definition) is 3. The van der Waals surface area contributed by atoms with Crippen molar-refractivity contribution in [3.05, 3.63) is 29.8 Å². The van der Waals surface area contributed by atoms with Crippen LogP contribution in [0.4, 0.5) is 0 Å². The molecule has 0 N–H and O–H groups in total. The third-order valence-corrected chi connectivity index (χ3v) is 3.00. The maximum atomic E-state index is 11.5. The van der Waals surface area contributed by atoms with Crippen LogP contribution in [0.2, 0.25) is 0 Å². The van der Waals surface area contributed by atoms with E-state index in [0.29, 0.717) is 19.1 Å². The highest BCUT2D eigenvalue weighted by Gasteiger charge is 2.44. The molecule has 0 heterocycles. The van der Waals surface area contributed by atoms with Crippen molar-refractivity contribution in [3.8, 4) is 5.75 Å². The summed E-state index contributed by atoms with van der Waals surface area (Å²) in [4.78, 5) is 11.5.